The highest BCUT2D eigenvalue weighted by Gasteiger charge is 2.45. The normalized spacial score (nSPS) is 17.6. The molecule has 4 aromatic rings. The summed E-state index contributed by atoms with van der Waals surface area (Å²) in [6.07, 6.45) is 0.911. The molecule has 3 aromatic carbocycles. The molecule has 1 fully saturated rings. The molecule has 0 saturated carbocycles. The van der Waals surface area contributed by atoms with Crippen molar-refractivity contribution >= 4 is 8.32 Å². The van der Waals surface area contributed by atoms with Gasteiger partial charge in [-0.25, -0.2) is 4.79 Å². The van der Waals surface area contributed by atoms with Crippen LogP contribution in [0.4, 0.5) is 0 Å². The number of aromatic amines is 1. The van der Waals surface area contributed by atoms with Crippen molar-refractivity contribution < 1.29 is 28.1 Å². The predicted molar refractivity (Wildman–Crippen MR) is 226 cm³/mol. The maximum Gasteiger partial charge on any atom is 0.330 e. The summed E-state index contributed by atoms with van der Waals surface area (Å²) < 4.78 is 37.9. The van der Waals surface area contributed by atoms with E-state index in [2.05, 4.69) is 110 Å². The number of nitrogens with one attached hydrogen (secondary N) is 3. The van der Waals surface area contributed by atoms with Gasteiger partial charge in [0.25, 0.3) is 5.56 Å². The lowest BCUT2D eigenvalue weighted by atomic mass is 9.77. The lowest BCUT2D eigenvalue weighted by Crippen LogP contribution is -2.46. The van der Waals surface area contributed by atoms with E-state index in [9.17, 15) is 9.59 Å². The van der Waals surface area contributed by atoms with Gasteiger partial charge in [-0.1, -0.05) is 93.6 Å². The molecule has 0 radical (unpaired) electrons. The molecule has 57 heavy (non-hydrogen) atoms. The van der Waals surface area contributed by atoms with Crippen LogP contribution in [0.1, 0.15) is 55.7 Å². The third-order valence-electron chi connectivity index (χ3n) is 11.0. The Balaban J connectivity index is 1.02. The van der Waals surface area contributed by atoms with Crippen molar-refractivity contribution in [2.75, 3.05) is 66.4 Å². The third kappa shape index (κ3) is 11.6. The number of aromatic nitrogens is 2. The molecule has 5 rings (SSSR count). The molecule has 2 heterocycles. The van der Waals surface area contributed by atoms with E-state index >= 15 is 0 Å². The van der Waals surface area contributed by atoms with Crippen molar-refractivity contribution in [3.05, 3.63) is 134 Å². The number of H-pyrrole nitrogens is 1. The molecule has 3 atom stereocenters. The molecule has 12 nitrogen and oxygen atoms in total. The topological polar surface area (TPSA) is 134 Å². The first-order valence-electron chi connectivity index (χ1n) is 20.0. The van der Waals surface area contributed by atoms with Gasteiger partial charge in [0.05, 0.1) is 58.4 Å². The maximum atomic E-state index is 12.6. The van der Waals surface area contributed by atoms with E-state index in [0.717, 1.165) is 22.4 Å². The lowest BCUT2D eigenvalue weighted by Gasteiger charge is -2.39. The van der Waals surface area contributed by atoms with E-state index in [4.69, 9.17) is 28.1 Å². The van der Waals surface area contributed by atoms with Crippen LogP contribution < -0.4 is 26.6 Å². The summed E-state index contributed by atoms with van der Waals surface area (Å²) in [5, 5.41) is 7.21. The van der Waals surface area contributed by atoms with E-state index in [1.807, 2.05) is 24.3 Å². The molecule has 0 bridgehead atoms. The second-order valence-corrected chi connectivity index (χ2v) is 20.7. The minimum Gasteiger partial charge on any atom is -0.497 e. The smallest absolute Gasteiger partial charge is 0.330 e. The number of aryl methyl sites for hydroxylation is 1. The van der Waals surface area contributed by atoms with E-state index in [1.54, 1.807) is 20.2 Å². The summed E-state index contributed by atoms with van der Waals surface area (Å²) in [6.45, 7) is 17.5. The maximum absolute atomic E-state index is 12.6. The van der Waals surface area contributed by atoms with Crippen LogP contribution in [0.15, 0.2) is 101 Å². The SMILES string of the molecule is COc1ccc(C(NCCOCCOCCNCCOC[C@H]2O[C@@H](n3cc(C)c(=O)[nH]c3=O)C[C@@H]2O[Si](C)(C)C(C)(C)C)(c2ccccc2)c2ccccc2)cc1. The van der Waals surface area contributed by atoms with Gasteiger partial charge in [0, 0.05) is 37.8 Å². The van der Waals surface area contributed by atoms with E-state index in [0.29, 0.717) is 71.3 Å². The molecule has 0 aliphatic carbocycles. The van der Waals surface area contributed by atoms with Gasteiger partial charge in [-0.15, -0.1) is 0 Å². The Labute approximate surface area is 338 Å². The van der Waals surface area contributed by atoms with Crippen LogP contribution in [0.25, 0.3) is 0 Å². The van der Waals surface area contributed by atoms with Crippen LogP contribution in [0.3, 0.4) is 0 Å². The molecule has 0 spiro atoms. The van der Waals surface area contributed by atoms with Crippen LogP contribution in [-0.2, 0) is 28.9 Å². The summed E-state index contributed by atoms with van der Waals surface area (Å²) in [5.41, 5.74) is 2.37. The largest absolute Gasteiger partial charge is 0.497 e. The standard InChI is InChI=1S/C44H62N4O8Si/c1-33-31-48(42(50)47-41(33)49)40-30-38(56-57(6,7)43(2,3)4)39(55-40)32-54-26-23-45-22-25-52-28-29-53-27-24-46-44(34-14-10-8-11-15-34,35-16-12-9-13-17-35)36-18-20-37(51-5)21-19-36/h8-21,31,38-40,45-46H,22-30,32H2,1-7H3,(H,47,49,50)/t38-,39+,40+/m0/s1. The Hall–Kier alpha value is -3.92. The number of nitrogens with zero attached hydrogens (tertiary/aromatic N) is 1. The molecular formula is C44H62N4O8Si. The second kappa shape index (κ2) is 20.7. The first kappa shape index (κ1) is 44.2. The van der Waals surface area contributed by atoms with Gasteiger partial charge in [0.2, 0.25) is 0 Å². The molecule has 0 amide bonds. The Morgan fingerprint density at radius 3 is 1.93 bits per heavy atom. The Kier molecular flexibility index (Phi) is 16.0. The summed E-state index contributed by atoms with van der Waals surface area (Å²) in [7, 11) is -0.454. The van der Waals surface area contributed by atoms with E-state index in [-0.39, 0.29) is 17.2 Å². The number of methoxy groups -OCH3 is 1. The van der Waals surface area contributed by atoms with Gasteiger partial charge >= 0.3 is 5.69 Å². The lowest BCUT2D eigenvalue weighted by molar-refractivity contribution is -0.0610. The summed E-state index contributed by atoms with van der Waals surface area (Å²) >= 11 is 0. The monoisotopic (exact) mass is 802 g/mol. The van der Waals surface area contributed by atoms with Crippen LogP contribution in [-0.4, -0.2) is 96.5 Å². The molecule has 1 saturated heterocycles. The molecule has 1 aliphatic rings. The highest BCUT2D eigenvalue weighted by molar-refractivity contribution is 6.74. The number of rotatable bonds is 22. The van der Waals surface area contributed by atoms with Crippen molar-refractivity contribution in [2.24, 2.45) is 0 Å². The number of hydrogen-bond acceptors (Lipinski definition) is 10. The van der Waals surface area contributed by atoms with Gasteiger partial charge in [-0.2, -0.15) is 0 Å². The summed E-state index contributed by atoms with van der Waals surface area (Å²) in [5.74, 6) is 0.811. The zero-order valence-electron chi connectivity index (χ0n) is 34.7. The highest BCUT2D eigenvalue weighted by Crippen LogP contribution is 2.41. The first-order chi connectivity index (χ1) is 27.4. The van der Waals surface area contributed by atoms with Crippen molar-refractivity contribution in [2.45, 2.75) is 76.2 Å². The Morgan fingerprint density at radius 2 is 1.35 bits per heavy atom. The van der Waals surface area contributed by atoms with Crippen molar-refractivity contribution in [3.8, 4) is 5.75 Å². The predicted octanol–water partition coefficient (Wildman–Crippen LogP) is 5.75. The molecule has 1 aromatic heterocycles. The Morgan fingerprint density at radius 1 is 0.789 bits per heavy atom. The van der Waals surface area contributed by atoms with Crippen LogP contribution in [0, 0.1) is 6.92 Å². The fourth-order valence-corrected chi connectivity index (χ4v) is 8.13. The molecular weight excluding hydrogens is 741 g/mol. The van der Waals surface area contributed by atoms with Gasteiger partial charge in [0.1, 0.15) is 18.1 Å². The highest BCUT2D eigenvalue weighted by atomic mass is 28.4. The molecule has 13 heteroatoms. The van der Waals surface area contributed by atoms with E-state index in [1.165, 1.54) is 4.57 Å². The number of benzene rings is 3. The Bertz CT molecular complexity index is 1880. The van der Waals surface area contributed by atoms with Crippen LogP contribution in [0.2, 0.25) is 18.1 Å². The van der Waals surface area contributed by atoms with Crippen molar-refractivity contribution in [1.82, 2.24) is 20.2 Å². The first-order valence-corrected chi connectivity index (χ1v) is 22.9. The summed E-state index contributed by atoms with van der Waals surface area (Å²) in [4.78, 5) is 27.0. The quantitative estimate of drug-likeness (QED) is 0.0513. The average Bonchev–Trinajstić information content (AvgIpc) is 3.59. The van der Waals surface area contributed by atoms with Crippen LogP contribution in [0.5, 0.6) is 5.75 Å². The molecule has 310 valence electrons. The van der Waals surface area contributed by atoms with Crippen molar-refractivity contribution in [3.63, 3.8) is 0 Å². The zero-order valence-corrected chi connectivity index (χ0v) is 35.7. The van der Waals surface area contributed by atoms with Gasteiger partial charge in [-0.3, -0.25) is 19.7 Å². The number of hydrogen-bond donors (Lipinski definition) is 3. The fourth-order valence-electron chi connectivity index (χ4n) is 6.77. The minimum absolute atomic E-state index is 0.00766. The van der Waals surface area contributed by atoms with Gasteiger partial charge in [0.15, 0.2) is 8.32 Å². The molecule has 0 unspecified atom stereocenters. The summed E-state index contributed by atoms with van der Waals surface area (Å²) in [6, 6.07) is 29.2. The zero-order chi connectivity index (χ0) is 40.9. The third-order valence-corrected chi connectivity index (χ3v) is 15.5. The minimum atomic E-state index is -2.13. The van der Waals surface area contributed by atoms with Crippen molar-refractivity contribution in [1.29, 1.82) is 0 Å². The van der Waals surface area contributed by atoms with Gasteiger partial charge in [-0.05, 0) is 53.9 Å². The second-order valence-electron chi connectivity index (χ2n) is 15.9. The fraction of sp³-hybridized carbons (Fsp3) is 0.500. The van der Waals surface area contributed by atoms with E-state index < -0.39 is 31.3 Å². The van der Waals surface area contributed by atoms with Gasteiger partial charge < -0.3 is 33.4 Å². The molecule has 1 aliphatic heterocycles. The average molecular weight is 803 g/mol. The van der Waals surface area contributed by atoms with Crippen LogP contribution >= 0.6 is 0 Å². The number of ether oxygens (including phenoxy) is 5. The molecule has 3 N–H and O–H groups in total.